The fourth-order valence-corrected chi connectivity index (χ4v) is 2.54. The summed E-state index contributed by atoms with van der Waals surface area (Å²) in [4.78, 5) is 10.5. The van der Waals surface area contributed by atoms with Crippen LogP contribution in [0.5, 0.6) is 17.2 Å². The van der Waals surface area contributed by atoms with Crippen LogP contribution in [0.3, 0.4) is 0 Å². The molecule has 9 nitrogen and oxygen atoms in total. The molecule has 1 saturated heterocycles. The van der Waals surface area contributed by atoms with Gasteiger partial charge < -0.3 is 39.4 Å². The quantitative estimate of drug-likeness (QED) is 0.355. The van der Waals surface area contributed by atoms with E-state index in [9.17, 15) is 25.2 Å². The van der Waals surface area contributed by atoms with Gasteiger partial charge in [-0.3, -0.25) is 4.79 Å². The van der Waals surface area contributed by atoms with Gasteiger partial charge in [-0.05, 0) is 23.8 Å². The summed E-state index contributed by atoms with van der Waals surface area (Å²) in [5.41, 5.74) is 0.604. The number of allylic oxidation sites excluding steroid dienone is 1. The Kier molecular flexibility index (Phi) is 6.95. The molecule has 1 aliphatic rings. The van der Waals surface area contributed by atoms with E-state index in [1.165, 1.54) is 26.4 Å². The molecular formula is C17H22O9. The van der Waals surface area contributed by atoms with E-state index in [1.807, 2.05) is 0 Å². The van der Waals surface area contributed by atoms with E-state index in [-0.39, 0.29) is 17.2 Å². The lowest BCUT2D eigenvalue weighted by Gasteiger charge is -2.39. The van der Waals surface area contributed by atoms with Gasteiger partial charge in [0.25, 0.3) is 0 Å². The Morgan fingerprint density at radius 1 is 1.08 bits per heavy atom. The highest BCUT2D eigenvalue weighted by molar-refractivity contribution is 5.75. The molecule has 0 aliphatic carbocycles. The van der Waals surface area contributed by atoms with Crippen molar-refractivity contribution in [1.29, 1.82) is 0 Å². The van der Waals surface area contributed by atoms with Crippen molar-refractivity contribution in [3.63, 3.8) is 0 Å². The normalized spacial score (nSPS) is 28.8. The number of aliphatic hydroxyl groups excluding tert-OH is 4. The van der Waals surface area contributed by atoms with Crippen LogP contribution >= 0.6 is 0 Å². The lowest BCUT2D eigenvalue weighted by atomic mass is 9.99. The number of aldehydes is 1. The maximum absolute atomic E-state index is 10.5. The van der Waals surface area contributed by atoms with Crippen LogP contribution in [-0.2, 0) is 9.53 Å². The van der Waals surface area contributed by atoms with Crippen molar-refractivity contribution in [1.82, 2.24) is 0 Å². The van der Waals surface area contributed by atoms with Crippen molar-refractivity contribution in [2.24, 2.45) is 0 Å². The molecular weight excluding hydrogens is 348 g/mol. The van der Waals surface area contributed by atoms with Crippen molar-refractivity contribution in [2.45, 2.75) is 30.7 Å². The number of ether oxygens (including phenoxy) is 4. The molecule has 1 aromatic carbocycles. The van der Waals surface area contributed by atoms with Gasteiger partial charge in [-0.15, -0.1) is 0 Å². The minimum Gasteiger partial charge on any atom is -0.493 e. The first-order valence-electron chi connectivity index (χ1n) is 7.81. The molecule has 1 aliphatic heterocycles. The molecule has 0 unspecified atom stereocenters. The molecule has 26 heavy (non-hydrogen) atoms. The largest absolute Gasteiger partial charge is 0.493 e. The van der Waals surface area contributed by atoms with Crippen LogP contribution in [0.1, 0.15) is 5.56 Å². The number of aliphatic hydroxyl groups is 4. The number of benzene rings is 1. The maximum Gasteiger partial charge on any atom is 0.229 e. The summed E-state index contributed by atoms with van der Waals surface area (Å²) in [6, 6.07) is 3.14. The predicted octanol–water partition coefficient (Wildman–Crippen LogP) is -0.905. The Morgan fingerprint density at radius 2 is 1.69 bits per heavy atom. The fraction of sp³-hybridized carbons (Fsp3) is 0.471. The van der Waals surface area contributed by atoms with E-state index in [4.69, 9.17) is 18.9 Å². The number of hydrogen-bond donors (Lipinski definition) is 4. The van der Waals surface area contributed by atoms with E-state index in [0.717, 1.165) is 0 Å². The van der Waals surface area contributed by atoms with Crippen LogP contribution in [0.25, 0.3) is 6.08 Å². The van der Waals surface area contributed by atoms with Crippen LogP contribution in [0.4, 0.5) is 0 Å². The lowest BCUT2D eigenvalue weighted by molar-refractivity contribution is -0.277. The molecule has 9 heteroatoms. The standard InChI is InChI=1S/C17H22O9/c1-23-10-6-9(4-3-5-18)7-11(24-2)16(10)26-17-15(22)14(21)13(20)12(8-19)25-17/h3-7,12-15,17,19-22H,8H2,1-2H3/b4-3+/t12-,13-,14+,15-,17-/m1/s1. The third-order valence-electron chi connectivity index (χ3n) is 3.93. The van der Waals surface area contributed by atoms with E-state index < -0.39 is 37.3 Å². The van der Waals surface area contributed by atoms with Crippen molar-refractivity contribution in [3.05, 3.63) is 23.8 Å². The first-order chi connectivity index (χ1) is 12.5. The Bertz CT molecular complexity index is 618. The predicted molar refractivity (Wildman–Crippen MR) is 89.0 cm³/mol. The molecule has 0 amide bonds. The van der Waals surface area contributed by atoms with Gasteiger partial charge >= 0.3 is 0 Å². The molecule has 0 spiro atoms. The third kappa shape index (κ3) is 4.14. The van der Waals surface area contributed by atoms with E-state index >= 15 is 0 Å². The average molecular weight is 370 g/mol. The van der Waals surface area contributed by atoms with E-state index in [1.54, 1.807) is 12.1 Å². The second-order valence-electron chi connectivity index (χ2n) is 5.56. The van der Waals surface area contributed by atoms with Crippen LogP contribution in [0, 0.1) is 0 Å². The molecule has 0 radical (unpaired) electrons. The average Bonchev–Trinajstić information content (AvgIpc) is 2.66. The Labute approximate surface area is 150 Å². The van der Waals surface area contributed by atoms with Crippen LogP contribution in [-0.4, -0.2) is 78.2 Å². The molecule has 0 bridgehead atoms. The zero-order valence-electron chi connectivity index (χ0n) is 14.3. The zero-order valence-corrected chi connectivity index (χ0v) is 14.3. The molecule has 1 heterocycles. The molecule has 1 fully saturated rings. The van der Waals surface area contributed by atoms with Crippen molar-refractivity contribution >= 4 is 12.4 Å². The van der Waals surface area contributed by atoms with Gasteiger partial charge in [-0.1, -0.05) is 6.08 Å². The molecule has 5 atom stereocenters. The first-order valence-corrected chi connectivity index (χ1v) is 7.81. The van der Waals surface area contributed by atoms with Crippen molar-refractivity contribution in [3.8, 4) is 17.2 Å². The highest BCUT2D eigenvalue weighted by Gasteiger charge is 2.45. The van der Waals surface area contributed by atoms with Gasteiger partial charge in [0.2, 0.25) is 12.0 Å². The summed E-state index contributed by atoms with van der Waals surface area (Å²) < 4.78 is 21.5. The number of carbonyl (C=O) groups excluding carboxylic acids is 1. The number of rotatable bonds is 7. The topological polar surface area (TPSA) is 135 Å². The molecule has 4 N–H and O–H groups in total. The van der Waals surface area contributed by atoms with Gasteiger partial charge in [-0.2, -0.15) is 0 Å². The second kappa shape index (κ2) is 8.97. The summed E-state index contributed by atoms with van der Waals surface area (Å²) in [5.74, 6) is 0.543. The smallest absolute Gasteiger partial charge is 0.229 e. The van der Waals surface area contributed by atoms with Crippen molar-refractivity contribution in [2.75, 3.05) is 20.8 Å². The van der Waals surface area contributed by atoms with Gasteiger partial charge in [0.05, 0.1) is 20.8 Å². The van der Waals surface area contributed by atoms with Gasteiger partial charge in [0, 0.05) is 0 Å². The van der Waals surface area contributed by atoms with Crippen molar-refractivity contribution < 1.29 is 44.2 Å². The summed E-state index contributed by atoms with van der Waals surface area (Å²) in [6.45, 7) is -0.575. The minimum atomic E-state index is -1.57. The molecule has 2 rings (SSSR count). The van der Waals surface area contributed by atoms with Gasteiger partial charge in [0.15, 0.2) is 11.5 Å². The number of methoxy groups -OCH3 is 2. The summed E-state index contributed by atoms with van der Waals surface area (Å²) >= 11 is 0. The Morgan fingerprint density at radius 3 is 2.19 bits per heavy atom. The van der Waals surface area contributed by atoms with E-state index in [0.29, 0.717) is 11.8 Å². The fourth-order valence-electron chi connectivity index (χ4n) is 2.54. The molecule has 0 aromatic heterocycles. The number of hydrogen-bond acceptors (Lipinski definition) is 9. The first kappa shape index (κ1) is 20.1. The molecule has 1 aromatic rings. The van der Waals surface area contributed by atoms with E-state index in [2.05, 4.69) is 0 Å². The minimum absolute atomic E-state index is 0.0857. The zero-order chi connectivity index (χ0) is 19.3. The molecule has 144 valence electrons. The summed E-state index contributed by atoms with van der Waals surface area (Å²) in [6.07, 6.45) is -3.67. The maximum atomic E-state index is 10.5. The monoisotopic (exact) mass is 370 g/mol. The SMILES string of the molecule is COc1cc(/C=C/C=O)cc(OC)c1O[C@H]1O[C@H](CO)[C@@H](O)[C@H](O)[C@H]1O. The third-order valence-corrected chi connectivity index (χ3v) is 3.93. The summed E-state index contributed by atoms with van der Waals surface area (Å²) in [7, 11) is 2.78. The highest BCUT2D eigenvalue weighted by Crippen LogP contribution is 2.40. The van der Waals surface area contributed by atoms with Crippen LogP contribution < -0.4 is 14.2 Å². The van der Waals surface area contributed by atoms with Gasteiger partial charge in [0.1, 0.15) is 30.7 Å². The lowest BCUT2D eigenvalue weighted by Crippen LogP contribution is -2.60. The summed E-state index contributed by atoms with van der Waals surface area (Å²) in [5, 5.41) is 39.0. The molecule has 0 saturated carbocycles. The highest BCUT2D eigenvalue weighted by atomic mass is 16.7. The Hall–Kier alpha value is -2.17. The van der Waals surface area contributed by atoms with Crippen LogP contribution in [0.15, 0.2) is 18.2 Å². The Balaban J connectivity index is 2.35. The van der Waals surface area contributed by atoms with Crippen LogP contribution in [0.2, 0.25) is 0 Å². The second-order valence-corrected chi connectivity index (χ2v) is 5.56. The van der Waals surface area contributed by atoms with Gasteiger partial charge in [-0.25, -0.2) is 0 Å². The number of carbonyl (C=O) groups is 1.